The van der Waals surface area contributed by atoms with E-state index >= 15 is 0 Å². The molecule has 0 aromatic heterocycles. The van der Waals surface area contributed by atoms with E-state index in [4.69, 9.17) is 0 Å². The molecule has 0 spiro atoms. The van der Waals surface area contributed by atoms with Crippen LogP contribution < -0.4 is 0 Å². The second-order valence-corrected chi connectivity index (χ2v) is 0. The van der Waals surface area contributed by atoms with E-state index in [1.165, 1.54) is 0 Å². The topological polar surface area (TPSA) is 0 Å². The molecule has 0 nitrogen and oxygen atoms in total. The van der Waals surface area contributed by atoms with Crippen LogP contribution in [0.2, 0.25) is 0 Å². The molecule has 0 bridgehead atoms. The SMILES string of the molecule is [Au].[Au].[Ti].[Ti]. The first kappa shape index (κ1) is 28.5. The quantitative estimate of drug-likeness (QED) is 0.420. The third kappa shape index (κ3) is 8.86. The fraction of sp³-hybridized carbons (Fsp3) is 0. The van der Waals surface area contributed by atoms with Crippen molar-refractivity contribution in [3.63, 3.8) is 0 Å². The molecule has 0 heterocycles. The van der Waals surface area contributed by atoms with Crippen LogP contribution in [-0.4, -0.2) is 0 Å². The van der Waals surface area contributed by atoms with Gasteiger partial charge < -0.3 is 0 Å². The Balaban J connectivity index is 0. The summed E-state index contributed by atoms with van der Waals surface area (Å²) >= 11 is 0. The van der Waals surface area contributed by atoms with Crippen molar-refractivity contribution in [2.75, 3.05) is 0 Å². The predicted molar refractivity (Wildman–Crippen MR) is 0 cm³/mol. The molecule has 2 radical (unpaired) electrons. The van der Waals surface area contributed by atoms with Gasteiger partial charge in [-0.05, 0) is 0 Å². The number of hydrogen-bond donors (Lipinski definition) is 0. The van der Waals surface area contributed by atoms with Crippen LogP contribution in [0.3, 0.4) is 0 Å². The minimum atomic E-state index is 0. The molecule has 0 aromatic carbocycles. The van der Waals surface area contributed by atoms with Gasteiger partial charge in [-0.1, -0.05) is 0 Å². The monoisotopic (exact) mass is 490 g/mol. The Kier molecular flexibility index (Phi) is 120. The summed E-state index contributed by atoms with van der Waals surface area (Å²) in [5.74, 6) is 0. The smallest absolute Gasteiger partial charge is 0 e. The molecule has 0 saturated carbocycles. The molecule has 0 aliphatic carbocycles. The maximum absolute atomic E-state index is 0. The molecule has 0 unspecified atom stereocenters. The zero-order valence-electron chi connectivity index (χ0n) is 1.60. The Morgan fingerprint density at radius 1 is 0.500 bits per heavy atom. The summed E-state index contributed by atoms with van der Waals surface area (Å²) in [7, 11) is 0. The van der Waals surface area contributed by atoms with Gasteiger partial charge in [-0.2, -0.15) is 0 Å². The van der Waals surface area contributed by atoms with Crippen molar-refractivity contribution in [1.29, 1.82) is 0 Å². The van der Waals surface area contributed by atoms with Gasteiger partial charge in [0.1, 0.15) is 0 Å². The van der Waals surface area contributed by atoms with Crippen molar-refractivity contribution in [2.24, 2.45) is 0 Å². The second-order valence-electron chi connectivity index (χ2n) is 0. The average molecular weight is 490 g/mol. The largest absolute Gasteiger partial charge is 0 e. The van der Waals surface area contributed by atoms with E-state index in [9.17, 15) is 0 Å². The third-order valence-electron chi connectivity index (χ3n) is 0. The maximum Gasteiger partial charge on any atom is 0 e. The van der Waals surface area contributed by atoms with Crippen molar-refractivity contribution >= 4 is 0 Å². The summed E-state index contributed by atoms with van der Waals surface area (Å²) < 4.78 is 0. The van der Waals surface area contributed by atoms with Crippen LogP contribution in [0.25, 0.3) is 0 Å². The average Bonchev–Trinajstić information content (AvgIpc) is 0. The van der Waals surface area contributed by atoms with Crippen LogP contribution in [0.4, 0.5) is 0 Å². The molecule has 0 aliphatic heterocycles. The molecule has 0 aromatic rings. The summed E-state index contributed by atoms with van der Waals surface area (Å²) in [6, 6.07) is 0. The van der Waals surface area contributed by atoms with Crippen LogP contribution in [0.15, 0.2) is 0 Å². The van der Waals surface area contributed by atoms with E-state index in [2.05, 4.69) is 0 Å². The normalized spacial score (nSPS) is 0. The Hall–Kier alpha value is 2.91. The number of rotatable bonds is 0. The first-order valence-electron chi connectivity index (χ1n) is 0. The van der Waals surface area contributed by atoms with E-state index < -0.39 is 0 Å². The first-order valence-corrected chi connectivity index (χ1v) is 0. The molecule has 4 heavy (non-hydrogen) atoms. The Morgan fingerprint density at radius 2 is 0.500 bits per heavy atom. The van der Waals surface area contributed by atoms with Crippen molar-refractivity contribution < 1.29 is 88.2 Å². The van der Waals surface area contributed by atoms with Gasteiger partial charge in [0.25, 0.3) is 0 Å². The van der Waals surface area contributed by atoms with Crippen molar-refractivity contribution in [1.82, 2.24) is 0 Å². The van der Waals surface area contributed by atoms with Crippen LogP contribution in [0, 0.1) is 0 Å². The van der Waals surface area contributed by atoms with Gasteiger partial charge in [-0.3, -0.25) is 0 Å². The van der Waals surface area contributed by atoms with Gasteiger partial charge in [0.05, 0.1) is 0 Å². The zero-order valence-corrected chi connectivity index (χ0v) is 9.06. The first-order chi connectivity index (χ1) is 0. The maximum atomic E-state index is 0. The molecule has 0 N–H and O–H groups in total. The molecule has 0 rings (SSSR count). The van der Waals surface area contributed by atoms with E-state index in [0.717, 1.165) is 0 Å². The summed E-state index contributed by atoms with van der Waals surface area (Å²) in [5, 5.41) is 0. The molecule has 4 heteroatoms. The van der Waals surface area contributed by atoms with Crippen LogP contribution in [0.1, 0.15) is 0 Å². The molecule has 0 amide bonds. The van der Waals surface area contributed by atoms with Gasteiger partial charge >= 0.3 is 0 Å². The fourth-order valence-corrected chi connectivity index (χ4v) is 0. The van der Waals surface area contributed by atoms with Crippen molar-refractivity contribution in [3.8, 4) is 0 Å². The standard InChI is InChI=1S/2Au.2Ti. The fourth-order valence-electron chi connectivity index (χ4n) is 0. The molecule has 0 aliphatic rings. The summed E-state index contributed by atoms with van der Waals surface area (Å²) in [6.45, 7) is 0. The minimum Gasteiger partial charge on any atom is 0 e. The van der Waals surface area contributed by atoms with Gasteiger partial charge in [-0.25, -0.2) is 0 Å². The summed E-state index contributed by atoms with van der Waals surface area (Å²) in [5.41, 5.74) is 0. The summed E-state index contributed by atoms with van der Waals surface area (Å²) in [6.07, 6.45) is 0. The molecule has 0 atom stereocenters. The summed E-state index contributed by atoms with van der Waals surface area (Å²) in [4.78, 5) is 0. The van der Waals surface area contributed by atoms with Crippen LogP contribution >= 0.6 is 0 Å². The van der Waals surface area contributed by atoms with Crippen LogP contribution in [-0.2, 0) is 88.2 Å². The van der Waals surface area contributed by atoms with E-state index in [1.807, 2.05) is 0 Å². The van der Waals surface area contributed by atoms with Crippen LogP contribution in [0.5, 0.6) is 0 Å². The molecular formula is Au2Ti2. The second kappa shape index (κ2) is 16.8. The zero-order chi connectivity index (χ0) is 0. The van der Waals surface area contributed by atoms with E-state index in [1.54, 1.807) is 0 Å². The van der Waals surface area contributed by atoms with Crippen molar-refractivity contribution in [2.45, 2.75) is 0 Å². The molecular weight excluding hydrogens is 490 g/mol. The molecule has 0 saturated heterocycles. The van der Waals surface area contributed by atoms with Gasteiger partial charge in [0, 0.05) is 88.2 Å². The Morgan fingerprint density at radius 3 is 0.500 bits per heavy atom. The van der Waals surface area contributed by atoms with Crippen molar-refractivity contribution in [3.05, 3.63) is 0 Å². The predicted octanol–water partition coefficient (Wildman–Crippen LogP) is -0.0100. The van der Waals surface area contributed by atoms with E-state index in [-0.39, 0.29) is 88.2 Å². The third-order valence-corrected chi connectivity index (χ3v) is 0. The van der Waals surface area contributed by atoms with Gasteiger partial charge in [0.15, 0.2) is 0 Å². The minimum absolute atomic E-state index is 0. The number of hydrogen-bond acceptors (Lipinski definition) is 0. The van der Waals surface area contributed by atoms with E-state index in [0.29, 0.717) is 0 Å². The Bertz CT molecular complexity index is 4.00. The molecule has 0 fully saturated rings. The van der Waals surface area contributed by atoms with Gasteiger partial charge in [-0.15, -0.1) is 0 Å². The Labute approximate surface area is 86.6 Å². The molecule has 30 valence electrons. The van der Waals surface area contributed by atoms with Gasteiger partial charge in [0.2, 0.25) is 0 Å².